The van der Waals surface area contributed by atoms with Crippen LogP contribution in [-0.4, -0.2) is 48.5 Å². The smallest absolute Gasteiger partial charge is 0.314 e. The molecule has 0 unspecified atom stereocenters. The van der Waals surface area contributed by atoms with Gasteiger partial charge in [-0.2, -0.15) is 0 Å². The summed E-state index contributed by atoms with van der Waals surface area (Å²) in [5.74, 6) is -4.49. The molecule has 4 N–H and O–H groups in total. The van der Waals surface area contributed by atoms with Crippen molar-refractivity contribution in [3.05, 3.63) is 0 Å². The van der Waals surface area contributed by atoms with Gasteiger partial charge in [-0.05, 0) is 0 Å². The molecule has 0 aliphatic carbocycles. The van der Waals surface area contributed by atoms with E-state index in [4.69, 9.17) is 11.5 Å². The molecule has 0 atom stereocenters. The number of ether oxygens (including phenoxy) is 2. The number of Topliss-reactive ketones (excluding diaryl/α,β-unsaturated/α-hetero) is 2. The minimum absolute atomic E-state index is 0.138. The van der Waals surface area contributed by atoms with Crippen molar-refractivity contribution >= 4 is 35.4 Å². The highest BCUT2D eigenvalue weighted by Gasteiger charge is 2.16. The number of carbonyl (C=O) groups excluding carboxylic acids is 6. The largest absolute Gasteiger partial charge is 0.393 e. The molecule has 134 valence electrons. The molecule has 10 nitrogen and oxygen atoms in total. The van der Waals surface area contributed by atoms with E-state index >= 15 is 0 Å². The summed E-state index contributed by atoms with van der Waals surface area (Å²) in [4.78, 5) is 66.9. The van der Waals surface area contributed by atoms with Crippen LogP contribution in [0.5, 0.6) is 0 Å². The fourth-order valence-corrected chi connectivity index (χ4v) is 1.35. The summed E-state index contributed by atoms with van der Waals surface area (Å²) in [6.45, 7) is -0.421. The van der Waals surface area contributed by atoms with Gasteiger partial charge >= 0.3 is 23.9 Å². The van der Waals surface area contributed by atoms with Crippen molar-refractivity contribution in [3.8, 4) is 0 Å². The van der Waals surface area contributed by atoms with Gasteiger partial charge in [-0.25, -0.2) is 0 Å². The zero-order valence-corrected chi connectivity index (χ0v) is 13.1. The molecule has 0 aromatic carbocycles. The van der Waals surface area contributed by atoms with Crippen molar-refractivity contribution in [2.75, 3.05) is 13.1 Å². The second-order valence-electron chi connectivity index (χ2n) is 4.68. The van der Waals surface area contributed by atoms with Gasteiger partial charge in [0.05, 0.1) is 38.8 Å². The predicted molar refractivity (Wildman–Crippen MR) is 78.0 cm³/mol. The average Bonchev–Trinajstić information content (AvgIpc) is 2.55. The first-order chi connectivity index (χ1) is 11.3. The fraction of sp³-hybridized carbons (Fsp3) is 0.571. The minimum Gasteiger partial charge on any atom is -0.393 e. The predicted octanol–water partition coefficient (Wildman–Crippen LogP) is -1.48. The lowest BCUT2D eigenvalue weighted by Gasteiger charge is -2.03. The summed E-state index contributed by atoms with van der Waals surface area (Å²) >= 11 is 0. The third kappa shape index (κ3) is 11.2. The zero-order chi connectivity index (χ0) is 18.5. The summed E-state index contributed by atoms with van der Waals surface area (Å²) in [5.41, 5.74) is 10.1. The number of hydrogen-bond acceptors (Lipinski definition) is 10. The summed E-state index contributed by atoms with van der Waals surface area (Å²) in [6.07, 6.45) is -1.80. The number of hydrogen-bond donors (Lipinski definition) is 2. The molecule has 0 aromatic rings. The van der Waals surface area contributed by atoms with Crippen molar-refractivity contribution in [1.29, 1.82) is 0 Å². The quantitative estimate of drug-likeness (QED) is 0.332. The third-order valence-corrected chi connectivity index (χ3v) is 2.66. The third-order valence-electron chi connectivity index (χ3n) is 2.66. The van der Waals surface area contributed by atoms with Gasteiger partial charge in [-0.3, -0.25) is 28.8 Å². The molecule has 0 saturated carbocycles. The van der Waals surface area contributed by atoms with Crippen LogP contribution in [0.3, 0.4) is 0 Å². The number of carbonyl (C=O) groups is 6. The van der Waals surface area contributed by atoms with Crippen molar-refractivity contribution in [3.63, 3.8) is 0 Å². The van der Waals surface area contributed by atoms with Crippen LogP contribution in [0, 0.1) is 0 Å². The summed E-state index contributed by atoms with van der Waals surface area (Å²) < 4.78 is 8.74. The van der Waals surface area contributed by atoms with Crippen LogP contribution in [0.1, 0.15) is 38.5 Å². The lowest BCUT2D eigenvalue weighted by atomic mass is 10.2. The SMILES string of the molecule is NCC(=O)CCC(=O)OC(=O)CCC(=O)OC(=O)CCC(=O)CN. The molecule has 0 aromatic heterocycles. The maximum absolute atomic E-state index is 11.3. The molecule has 24 heavy (non-hydrogen) atoms. The molecular formula is C14H20N2O8. The Bertz CT molecular complexity index is 469. The molecule has 0 rings (SSSR count). The molecule has 0 fully saturated rings. The van der Waals surface area contributed by atoms with E-state index in [-0.39, 0.29) is 50.3 Å². The Morgan fingerprint density at radius 2 is 0.750 bits per heavy atom. The molecule has 0 amide bonds. The number of esters is 4. The number of rotatable bonds is 11. The van der Waals surface area contributed by atoms with Gasteiger partial charge in [0.25, 0.3) is 0 Å². The lowest BCUT2D eigenvalue weighted by molar-refractivity contribution is -0.165. The van der Waals surface area contributed by atoms with Gasteiger partial charge in [0.15, 0.2) is 0 Å². The Morgan fingerprint density at radius 3 is 1.00 bits per heavy atom. The van der Waals surface area contributed by atoms with E-state index in [2.05, 4.69) is 9.47 Å². The summed E-state index contributed by atoms with van der Waals surface area (Å²) in [7, 11) is 0. The molecule has 0 bridgehead atoms. The molecule has 0 saturated heterocycles. The zero-order valence-electron chi connectivity index (χ0n) is 13.1. The van der Waals surface area contributed by atoms with Crippen molar-refractivity contribution in [1.82, 2.24) is 0 Å². The number of ketones is 2. The fourth-order valence-electron chi connectivity index (χ4n) is 1.35. The van der Waals surface area contributed by atoms with Crippen LogP contribution in [-0.2, 0) is 38.2 Å². The van der Waals surface area contributed by atoms with E-state index in [0.29, 0.717) is 0 Å². The first-order valence-electron chi connectivity index (χ1n) is 7.19. The van der Waals surface area contributed by atoms with Gasteiger partial charge in [-0.1, -0.05) is 0 Å². The maximum Gasteiger partial charge on any atom is 0.314 e. The highest BCUT2D eigenvalue weighted by molar-refractivity contribution is 5.92. The Balaban J connectivity index is 3.94. The van der Waals surface area contributed by atoms with Crippen LogP contribution in [0.4, 0.5) is 0 Å². The molecule has 0 aliphatic rings. The van der Waals surface area contributed by atoms with Gasteiger partial charge in [0, 0.05) is 12.8 Å². The normalized spacial score (nSPS) is 9.92. The molecule has 10 heteroatoms. The highest BCUT2D eigenvalue weighted by atomic mass is 16.6. The highest BCUT2D eigenvalue weighted by Crippen LogP contribution is 2.02. The van der Waals surface area contributed by atoms with E-state index in [9.17, 15) is 28.8 Å². The second-order valence-corrected chi connectivity index (χ2v) is 4.68. The average molecular weight is 344 g/mol. The Kier molecular flexibility index (Phi) is 10.8. The van der Waals surface area contributed by atoms with E-state index in [1.165, 1.54) is 0 Å². The number of nitrogens with two attached hydrogens (primary N) is 2. The van der Waals surface area contributed by atoms with Crippen LogP contribution >= 0.6 is 0 Å². The van der Waals surface area contributed by atoms with Crippen molar-refractivity contribution in [2.24, 2.45) is 11.5 Å². The van der Waals surface area contributed by atoms with Crippen molar-refractivity contribution in [2.45, 2.75) is 38.5 Å². The molecule has 0 spiro atoms. The molecular weight excluding hydrogens is 324 g/mol. The van der Waals surface area contributed by atoms with Crippen molar-refractivity contribution < 1.29 is 38.2 Å². The maximum atomic E-state index is 11.3. The molecule has 0 heterocycles. The molecule has 0 radical (unpaired) electrons. The lowest BCUT2D eigenvalue weighted by Crippen LogP contribution is -2.19. The van der Waals surface area contributed by atoms with Gasteiger partial charge < -0.3 is 20.9 Å². The topological polar surface area (TPSA) is 173 Å². The first-order valence-corrected chi connectivity index (χ1v) is 7.19. The van der Waals surface area contributed by atoms with Gasteiger partial charge in [0.1, 0.15) is 11.6 Å². The Hall–Kier alpha value is -2.46. The Morgan fingerprint density at radius 1 is 0.500 bits per heavy atom. The van der Waals surface area contributed by atoms with Crippen LogP contribution in [0.2, 0.25) is 0 Å². The monoisotopic (exact) mass is 344 g/mol. The summed E-state index contributed by atoms with van der Waals surface area (Å²) in [5, 5.41) is 0. The van der Waals surface area contributed by atoms with E-state index in [1.807, 2.05) is 0 Å². The molecule has 0 aliphatic heterocycles. The summed E-state index contributed by atoms with van der Waals surface area (Å²) in [6, 6.07) is 0. The van der Waals surface area contributed by atoms with E-state index in [1.54, 1.807) is 0 Å². The Labute approximate surface area is 137 Å². The van der Waals surface area contributed by atoms with Gasteiger partial charge in [-0.15, -0.1) is 0 Å². The van der Waals surface area contributed by atoms with Crippen LogP contribution < -0.4 is 11.5 Å². The van der Waals surface area contributed by atoms with E-state index < -0.39 is 36.7 Å². The minimum atomic E-state index is -0.983. The first kappa shape index (κ1) is 21.5. The van der Waals surface area contributed by atoms with Crippen LogP contribution in [0.15, 0.2) is 0 Å². The standard InChI is InChI=1S/C14H20N2O8/c15-7-9(17)1-3-11(19)23-13(21)5-6-14(22)24-12(20)4-2-10(18)8-16/h1-8,15-16H2. The van der Waals surface area contributed by atoms with Crippen LogP contribution in [0.25, 0.3) is 0 Å². The van der Waals surface area contributed by atoms with Gasteiger partial charge in [0.2, 0.25) is 0 Å². The second kappa shape index (κ2) is 12.0. The van der Waals surface area contributed by atoms with E-state index in [0.717, 1.165) is 0 Å².